The standard InChI is InChI=1S/C19H26F2N2O4/c1-13(24)22-7-4-15(5-8-22)23-9-6-18(25)19(26,11-23)12-27-17-10-14(20)2-3-16(17)21/h2-3,10,15,18,25-26H,4-9,11-12H2,1H3/t18-,19-/m0/s1. The summed E-state index contributed by atoms with van der Waals surface area (Å²) >= 11 is 0. The summed E-state index contributed by atoms with van der Waals surface area (Å²) in [5.74, 6) is -1.59. The number of nitrogens with zero attached hydrogens (tertiary/aromatic N) is 2. The Labute approximate surface area is 157 Å². The van der Waals surface area contributed by atoms with E-state index in [1.54, 1.807) is 11.8 Å². The molecule has 1 aromatic carbocycles. The zero-order valence-corrected chi connectivity index (χ0v) is 15.4. The van der Waals surface area contributed by atoms with Gasteiger partial charge < -0.3 is 19.8 Å². The van der Waals surface area contributed by atoms with Crippen molar-refractivity contribution in [1.82, 2.24) is 9.80 Å². The molecule has 0 unspecified atom stereocenters. The Morgan fingerprint density at radius 1 is 1.26 bits per heavy atom. The van der Waals surface area contributed by atoms with Crippen LogP contribution in [0.3, 0.4) is 0 Å². The van der Waals surface area contributed by atoms with Crippen LogP contribution in [0.2, 0.25) is 0 Å². The van der Waals surface area contributed by atoms with Gasteiger partial charge in [-0.2, -0.15) is 0 Å². The summed E-state index contributed by atoms with van der Waals surface area (Å²) in [7, 11) is 0. The highest BCUT2D eigenvalue weighted by Gasteiger charge is 2.44. The molecular weight excluding hydrogens is 358 g/mol. The minimum atomic E-state index is -1.57. The normalized spacial score (nSPS) is 27.6. The van der Waals surface area contributed by atoms with Gasteiger partial charge in [-0.15, -0.1) is 0 Å². The van der Waals surface area contributed by atoms with E-state index < -0.39 is 23.3 Å². The summed E-state index contributed by atoms with van der Waals surface area (Å²) in [4.78, 5) is 15.4. The molecule has 2 aliphatic rings. The molecule has 2 saturated heterocycles. The third-order valence-electron chi connectivity index (χ3n) is 5.58. The van der Waals surface area contributed by atoms with E-state index in [4.69, 9.17) is 4.74 Å². The minimum Gasteiger partial charge on any atom is -0.487 e. The lowest BCUT2D eigenvalue weighted by Gasteiger charge is -2.47. The van der Waals surface area contributed by atoms with Crippen molar-refractivity contribution in [3.63, 3.8) is 0 Å². The van der Waals surface area contributed by atoms with Crippen molar-refractivity contribution >= 4 is 5.91 Å². The van der Waals surface area contributed by atoms with Gasteiger partial charge in [0.25, 0.3) is 0 Å². The largest absolute Gasteiger partial charge is 0.487 e. The molecule has 150 valence electrons. The first kappa shape index (κ1) is 20.0. The molecule has 2 aliphatic heterocycles. The molecule has 6 nitrogen and oxygen atoms in total. The Morgan fingerprint density at radius 2 is 1.96 bits per heavy atom. The number of carbonyl (C=O) groups is 1. The topological polar surface area (TPSA) is 73.2 Å². The monoisotopic (exact) mass is 384 g/mol. The highest BCUT2D eigenvalue weighted by molar-refractivity contribution is 5.73. The molecule has 0 saturated carbocycles. The summed E-state index contributed by atoms with van der Waals surface area (Å²) in [6, 6.07) is 3.07. The molecule has 2 atom stereocenters. The number of benzene rings is 1. The molecule has 1 amide bonds. The van der Waals surface area contributed by atoms with Gasteiger partial charge in [0, 0.05) is 45.2 Å². The Morgan fingerprint density at radius 3 is 2.63 bits per heavy atom. The van der Waals surface area contributed by atoms with Crippen LogP contribution in [0.25, 0.3) is 0 Å². The van der Waals surface area contributed by atoms with Gasteiger partial charge in [0.15, 0.2) is 11.6 Å². The maximum absolute atomic E-state index is 13.7. The van der Waals surface area contributed by atoms with E-state index in [1.807, 2.05) is 0 Å². The van der Waals surface area contributed by atoms with Crippen molar-refractivity contribution < 1.29 is 28.5 Å². The summed E-state index contributed by atoms with van der Waals surface area (Å²) in [5.41, 5.74) is -1.57. The molecule has 1 aromatic rings. The summed E-state index contributed by atoms with van der Waals surface area (Å²) in [5, 5.41) is 21.2. The molecule has 0 bridgehead atoms. The number of rotatable bonds is 4. The van der Waals surface area contributed by atoms with Crippen LogP contribution in [-0.4, -0.2) is 76.5 Å². The van der Waals surface area contributed by atoms with Crippen LogP contribution in [0.4, 0.5) is 8.78 Å². The molecule has 2 heterocycles. The fraction of sp³-hybridized carbons (Fsp3) is 0.632. The fourth-order valence-corrected chi connectivity index (χ4v) is 3.88. The second-order valence-corrected chi connectivity index (χ2v) is 7.48. The first-order valence-electron chi connectivity index (χ1n) is 9.26. The summed E-state index contributed by atoms with van der Waals surface area (Å²) in [6.07, 6.45) is 0.942. The van der Waals surface area contributed by atoms with Crippen molar-refractivity contribution in [2.75, 3.05) is 32.8 Å². The van der Waals surface area contributed by atoms with Gasteiger partial charge in [0.2, 0.25) is 5.91 Å². The van der Waals surface area contributed by atoms with Gasteiger partial charge in [0.1, 0.15) is 18.0 Å². The summed E-state index contributed by atoms with van der Waals surface area (Å²) in [6.45, 7) is 3.36. The van der Waals surface area contributed by atoms with Crippen LogP contribution < -0.4 is 4.74 Å². The molecule has 2 N–H and O–H groups in total. The molecule has 0 aliphatic carbocycles. The Kier molecular flexibility index (Phi) is 5.98. The van der Waals surface area contributed by atoms with Crippen LogP contribution in [0, 0.1) is 11.6 Å². The van der Waals surface area contributed by atoms with Crippen LogP contribution in [0.5, 0.6) is 5.75 Å². The molecule has 3 rings (SSSR count). The van der Waals surface area contributed by atoms with E-state index in [1.165, 1.54) is 0 Å². The van der Waals surface area contributed by atoms with Gasteiger partial charge >= 0.3 is 0 Å². The van der Waals surface area contributed by atoms with E-state index in [0.717, 1.165) is 31.0 Å². The highest BCUT2D eigenvalue weighted by atomic mass is 19.1. The van der Waals surface area contributed by atoms with Gasteiger partial charge in [-0.1, -0.05) is 0 Å². The van der Waals surface area contributed by atoms with E-state index >= 15 is 0 Å². The zero-order chi connectivity index (χ0) is 19.6. The lowest BCUT2D eigenvalue weighted by molar-refractivity contribution is -0.149. The van der Waals surface area contributed by atoms with Crippen LogP contribution >= 0.6 is 0 Å². The van der Waals surface area contributed by atoms with Gasteiger partial charge in [-0.05, 0) is 31.4 Å². The Balaban J connectivity index is 1.62. The molecule has 8 heteroatoms. The maximum atomic E-state index is 13.7. The molecule has 0 spiro atoms. The third kappa shape index (κ3) is 4.56. The van der Waals surface area contributed by atoms with Crippen molar-refractivity contribution in [2.45, 2.75) is 43.9 Å². The summed E-state index contributed by atoms with van der Waals surface area (Å²) < 4.78 is 32.3. The lowest BCUT2D eigenvalue weighted by atomic mass is 9.88. The molecule has 0 aromatic heterocycles. The number of aliphatic hydroxyl groups excluding tert-OH is 1. The average Bonchev–Trinajstić information content (AvgIpc) is 2.65. The number of likely N-dealkylation sites (tertiary alicyclic amines) is 2. The average molecular weight is 384 g/mol. The zero-order valence-electron chi connectivity index (χ0n) is 15.4. The maximum Gasteiger partial charge on any atom is 0.219 e. The van der Waals surface area contributed by atoms with Crippen molar-refractivity contribution in [2.24, 2.45) is 0 Å². The highest BCUT2D eigenvalue weighted by Crippen LogP contribution is 2.28. The van der Waals surface area contributed by atoms with Crippen molar-refractivity contribution in [1.29, 1.82) is 0 Å². The quantitative estimate of drug-likeness (QED) is 0.815. The van der Waals surface area contributed by atoms with Crippen LogP contribution in [0.15, 0.2) is 18.2 Å². The molecule has 0 radical (unpaired) electrons. The van der Waals surface area contributed by atoms with Gasteiger partial charge in [-0.3, -0.25) is 9.69 Å². The number of carbonyl (C=O) groups excluding carboxylic acids is 1. The lowest BCUT2D eigenvalue weighted by Crippen LogP contribution is -2.62. The minimum absolute atomic E-state index is 0.0598. The number of piperidine rings is 2. The van der Waals surface area contributed by atoms with Crippen LogP contribution in [-0.2, 0) is 4.79 Å². The van der Waals surface area contributed by atoms with E-state index in [2.05, 4.69) is 4.90 Å². The second-order valence-electron chi connectivity index (χ2n) is 7.48. The first-order chi connectivity index (χ1) is 12.8. The molecule has 2 fully saturated rings. The number of β-amino-alcohol motifs (C(OH)–C–C–N with tert-alkyl or cyclic N) is 1. The van der Waals surface area contributed by atoms with E-state index in [-0.39, 0.29) is 30.9 Å². The van der Waals surface area contributed by atoms with Crippen molar-refractivity contribution in [3.05, 3.63) is 29.8 Å². The number of halogens is 2. The van der Waals surface area contributed by atoms with E-state index in [0.29, 0.717) is 26.1 Å². The molecular formula is C19H26F2N2O4. The number of hydrogen-bond acceptors (Lipinski definition) is 5. The number of aliphatic hydroxyl groups is 2. The van der Waals surface area contributed by atoms with E-state index in [9.17, 15) is 23.8 Å². The van der Waals surface area contributed by atoms with Gasteiger partial charge in [0.05, 0.1) is 6.10 Å². The third-order valence-corrected chi connectivity index (χ3v) is 5.58. The number of hydrogen-bond donors (Lipinski definition) is 2. The molecule has 27 heavy (non-hydrogen) atoms. The fourth-order valence-electron chi connectivity index (χ4n) is 3.88. The Hall–Kier alpha value is -1.77. The van der Waals surface area contributed by atoms with Crippen LogP contribution in [0.1, 0.15) is 26.2 Å². The number of amides is 1. The Bertz CT molecular complexity index is 682. The predicted octanol–water partition coefficient (Wildman–Crippen LogP) is 1.15. The second kappa shape index (κ2) is 8.08. The van der Waals surface area contributed by atoms with Gasteiger partial charge in [-0.25, -0.2) is 8.78 Å². The number of ether oxygens (including phenoxy) is 1. The smallest absolute Gasteiger partial charge is 0.219 e. The SMILES string of the molecule is CC(=O)N1CCC(N2CC[C@H](O)[C@@](O)(COc3cc(F)ccc3F)C2)CC1. The predicted molar refractivity (Wildman–Crippen MR) is 94.3 cm³/mol. The van der Waals surface area contributed by atoms with Crippen molar-refractivity contribution in [3.8, 4) is 5.75 Å². The first-order valence-corrected chi connectivity index (χ1v) is 9.26.